The Balaban J connectivity index is 2.10. The summed E-state index contributed by atoms with van der Waals surface area (Å²) in [5.41, 5.74) is 0. The maximum Gasteiger partial charge on any atom is 0.157 e. The van der Waals surface area contributed by atoms with Crippen LogP contribution >= 0.6 is 46.7 Å². The van der Waals surface area contributed by atoms with Crippen molar-refractivity contribution in [3.63, 3.8) is 0 Å². The van der Waals surface area contributed by atoms with Crippen LogP contribution in [0.25, 0.3) is 0 Å². The van der Waals surface area contributed by atoms with E-state index in [2.05, 4.69) is 4.99 Å². The molecule has 0 aromatic carbocycles. The highest BCUT2D eigenvalue weighted by molar-refractivity contribution is 8.52. The van der Waals surface area contributed by atoms with E-state index >= 15 is 0 Å². The molecule has 70 valence electrons. The zero-order chi connectivity index (χ0) is 9.31. The monoisotopic (exact) mass is 251 g/mol. The van der Waals surface area contributed by atoms with Crippen LogP contribution in [0.1, 0.15) is 6.42 Å². The van der Waals surface area contributed by atoms with Gasteiger partial charge in [-0.2, -0.15) is 0 Å². The first-order valence-electron chi connectivity index (χ1n) is 3.77. The Bertz CT molecular complexity index is 305. The molecule has 0 amide bonds. The first-order chi connectivity index (χ1) is 6.18. The van der Waals surface area contributed by atoms with E-state index in [1.807, 2.05) is 12.2 Å². The van der Waals surface area contributed by atoms with E-state index in [0.717, 1.165) is 14.5 Å². The zero-order valence-electron chi connectivity index (χ0n) is 6.67. The van der Waals surface area contributed by atoms with Gasteiger partial charge in [-0.3, -0.25) is 0 Å². The topological polar surface area (TPSA) is 12.4 Å². The standard InChI is InChI=1S/C8H7Cl2NS2/c9-6-1-3-8(10,4-2-6)11-7-12-5-13-7/h1-3H,4-5H2. The quantitative estimate of drug-likeness (QED) is 0.520. The molecule has 13 heavy (non-hydrogen) atoms. The van der Waals surface area contributed by atoms with Crippen LogP contribution < -0.4 is 0 Å². The highest BCUT2D eigenvalue weighted by atomic mass is 35.5. The Morgan fingerprint density at radius 3 is 2.69 bits per heavy atom. The van der Waals surface area contributed by atoms with Crippen LogP contribution in [0, 0.1) is 0 Å². The summed E-state index contributed by atoms with van der Waals surface area (Å²) in [4.78, 5) is 3.84. The van der Waals surface area contributed by atoms with Crippen LogP contribution in [-0.4, -0.2) is 14.5 Å². The van der Waals surface area contributed by atoms with Gasteiger partial charge >= 0.3 is 0 Å². The van der Waals surface area contributed by atoms with Crippen molar-refractivity contribution < 1.29 is 0 Å². The second-order valence-electron chi connectivity index (χ2n) is 2.73. The summed E-state index contributed by atoms with van der Waals surface area (Å²) >= 11 is 15.5. The highest BCUT2D eigenvalue weighted by Crippen LogP contribution is 2.38. The predicted octanol–water partition coefficient (Wildman–Crippen LogP) is 3.80. The fraction of sp³-hybridized carbons (Fsp3) is 0.375. The Morgan fingerprint density at radius 1 is 1.46 bits per heavy atom. The van der Waals surface area contributed by atoms with Crippen LogP contribution in [0.3, 0.4) is 0 Å². The molecule has 2 rings (SSSR count). The average molecular weight is 252 g/mol. The van der Waals surface area contributed by atoms with Gasteiger partial charge in [0.15, 0.2) is 5.00 Å². The lowest BCUT2D eigenvalue weighted by Crippen LogP contribution is -2.19. The van der Waals surface area contributed by atoms with E-state index in [-0.39, 0.29) is 0 Å². The summed E-state index contributed by atoms with van der Waals surface area (Å²) < 4.78 is 1.08. The first kappa shape index (κ1) is 9.97. The summed E-state index contributed by atoms with van der Waals surface area (Å²) in [6, 6.07) is 0. The maximum absolute atomic E-state index is 6.24. The van der Waals surface area contributed by atoms with Gasteiger partial charge in [-0.15, -0.1) is 0 Å². The minimum atomic E-state index is -0.589. The third-order valence-electron chi connectivity index (χ3n) is 1.72. The number of aliphatic imine (C=N–C) groups is 1. The Morgan fingerprint density at radius 2 is 2.23 bits per heavy atom. The molecule has 0 aromatic rings. The Labute approximate surface area is 95.7 Å². The molecular weight excluding hydrogens is 245 g/mol. The van der Waals surface area contributed by atoms with E-state index < -0.39 is 5.00 Å². The molecule has 1 heterocycles. The second kappa shape index (κ2) is 3.89. The number of hydrogen-bond acceptors (Lipinski definition) is 3. The Hall–Kier alpha value is 0.430. The largest absolute Gasteiger partial charge is 0.244 e. The highest BCUT2D eigenvalue weighted by Gasteiger charge is 2.27. The summed E-state index contributed by atoms with van der Waals surface area (Å²) in [5.74, 6) is 0. The SMILES string of the molecule is ClC1=CCC(Cl)(N=C2SCS2)C=C1. The van der Waals surface area contributed by atoms with Gasteiger partial charge in [-0.1, -0.05) is 52.8 Å². The van der Waals surface area contributed by atoms with Crippen molar-refractivity contribution in [2.75, 3.05) is 5.08 Å². The fourth-order valence-electron chi connectivity index (χ4n) is 0.995. The molecule has 5 heteroatoms. The average Bonchev–Trinajstić information content (AvgIpc) is 2.05. The summed E-state index contributed by atoms with van der Waals surface area (Å²) in [6.45, 7) is 0. The van der Waals surface area contributed by atoms with Crippen molar-refractivity contribution in [1.82, 2.24) is 0 Å². The minimum Gasteiger partial charge on any atom is -0.244 e. The number of allylic oxidation sites excluding steroid dienone is 2. The lowest BCUT2D eigenvalue weighted by atomic mass is 10.1. The van der Waals surface area contributed by atoms with Crippen molar-refractivity contribution in [1.29, 1.82) is 0 Å². The van der Waals surface area contributed by atoms with E-state index in [4.69, 9.17) is 23.2 Å². The molecule has 1 saturated heterocycles. The van der Waals surface area contributed by atoms with Crippen LogP contribution in [0.4, 0.5) is 0 Å². The lowest BCUT2D eigenvalue weighted by molar-refractivity contribution is 0.748. The predicted molar refractivity (Wildman–Crippen MR) is 63.8 cm³/mol. The number of halogens is 2. The number of alkyl halides is 1. The van der Waals surface area contributed by atoms with E-state index in [0.29, 0.717) is 6.42 Å². The van der Waals surface area contributed by atoms with Gasteiger partial charge in [0.05, 0.1) is 5.08 Å². The van der Waals surface area contributed by atoms with Crippen molar-refractivity contribution in [3.05, 3.63) is 23.3 Å². The van der Waals surface area contributed by atoms with Crippen LogP contribution in [0.15, 0.2) is 28.3 Å². The number of nitrogens with zero attached hydrogens (tertiary/aromatic N) is 1. The minimum absolute atomic E-state index is 0.589. The normalized spacial score (nSPS) is 32.5. The van der Waals surface area contributed by atoms with Crippen LogP contribution in [0.2, 0.25) is 0 Å². The van der Waals surface area contributed by atoms with Gasteiger partial charge in [0.1, 0.15) is 4.38 Å². The van der Waals surface area contributed by atoms with Crippen molar-refractivity contribution in [2.24, 2.45) is 4.99 Å². The molecule has 0 aromatic heterocycles. The fourth-order valence-corrected chi connectivity index (χ4v) is 2.81. The number of hydrogen-bond donors (Lipinski definition) is 0. The third kappa shape index (κ3) is 2.46. The van der Waals surface area contributed by atoms with Crippen molar-refractivity contribution in [3.8, 4) is 0 Å². The first-order valence-corrected chi connectivity index (χ1v) is 6.50. The van der Waals surface area contributed by atoms with Crippen LogP contribution in [-0.2, 0) is 0 Å². The molecular formula is C8H7Cl2NS2. The molecule has 1 atom stereocenters. The van der Waals surface area contributed by atoms with E-state index in [1.54, 1.807) is 29.6 Å². The maximum atomic E-state index is 6.24. The molecule has 0 N–H and O–H groups in total. The second-order valence-corrected chi connectivity index (χ2v) is 6.37. The lowest BCUT2D eigenvalue weighted by Gasteiger charge is -2.23. The Kier molecular flexibility index (Phi) is 2.98. The van der Waals surface area contributed by atoms with Gasteiger partial charge in [-0.05, 0) is 12.2 Å². The van der Waals surface area contributed by atoms with Gasteiger partial charge in [0.25, 0.3) is 0 Å². The zero-order valence-corrected chi connectivity index (χ0v) is 9.81. The molecule has 1 fully saturated rings. The third-order valence-corrected chi connectivity index (χ3v) is 4.69. The molecule has 1 aliphatic heterocycles. The summed E-state index contributed by atoms with van der Waals surface area (Å²) in [5, 5.41) is 1.83. The molecule has 2 aliphatic rings. The smallest absolute Gasteiger partial charge is 0.157 e. The summed E-state index contributed by atoms with van der Waals surface area (Å²) in [6.07, 6.45) is 6.22. The van der Waals surface area contributed by atoms with Gasteiger partial charge in [-0.25, -0.2) is 4.99 Å². The van der Waals surface area contributed by atoms with Crippen molar-refractivity contribution in [2.45, 2.75) is 11.4 Å². The van der Waals surface area contributed by atoms with E-state index in [1.165, 1.54) is 0 Å². The number of thioether (sulfide) groups is 2. The van der Waals surface area contributed by atoms with Gasteiger partial charge < -0.3 is 0 Å². The van der Waals surface area contributed by atoms with Crippen molar-refractivity contribution >= 4 is 51.1 Å². The molecule has 0 saturated carbocycles. The summed E-state index contributed by atoms with van der Waals surface area (Å²) in [7, 11) is 0. The molecule has 0 bridgehead atoms. The number of rotatable bonds is 1. The van der Waals surface area contributed by atoms with Gasteiger partial charge in [0.2, 0.25) is 0 Å². The van der Waals surface area contributed by atoms with Gasteiger partial charge in [0, 0.05) is 11.5 Å². The molecule has 1 nitrogen and oxygen atoms in total. The molecule has 1 aliphatic carbocycles. The molecule has 0 radical (unpaired) electrons. The molecule has 0 spiro atoms. The van der Waals surface area contributed by atoms with E-state index in [9.17, 15) is 0 Å². The van der Waals surface area contributed by atoms with Crippen LogP contribution in [0.5, 0.6) is 0 Å². The molecule has 1 unspecified atom stereocenters.